The molecule has 0 heterocycles. The van der Waals surface area contributed by atoms with Gasteiger partial charge in [0.2, 0.25) is 5.78 Å². The summed E-state index contributed by atoms with van der Waals surface area (Å²) in [6.45, 7) is 2.12. The van der Waals surface area contributed by atoms with Crippen molar-refractivity contribution < 1.29 is 4.79 Å². The Morgan fingerprint density at radius 3 is 2.60 bits per heavy atom. The molecule has 0 spiro atoms. The number of carbonyl (C=O) groups is 1. The molecule has 0 N–H and O–H groups in total. The van der Waals surface area contributed by atoms with Gasteiger partial charge in [-0.25, -0.2) is 0 Å². The van der Waals surface area contributed by atoms with Crippen molar-refractivity contribution in [2.24, 2.45) is 0 Å². The van der Waals surface area contributed by atoms with E-state index in [4.69, 9.17) is 5.26 Å². The first-order valence-electron chi connectivity index (χ1n) is 3.74. The van der Waals surface area contributed by atoms with Gasteiger partial charge in [0.15, 0.2) is 0 Å². The Balaban J connectivity index is 3.06. The van der Waals surface area contributed by atoms with Gasteiger partial charge in [0.25, 0.3) is 0 Å². The number of unbranched alkanes of at least 4 members (excludes halogenated alkanes) is 3. The van der Waals surface area contributed by atoms with Crippen molar-refractivity contribution in [2.75, 3.05) is 0 Å². The van der Waals surface area contributed by atoms with Gasteiger partial charge in [-0.05, 0) is 6.42 Å². The van der Waals surface area contributed by atoms with Crippen molar-refractivity contribution in [2.45, 2.75) is 39.0 Å². The van der Waals surface area contributed by atoms with Gasteiger partial charge < -0.3 is 0 Å². The Bertz CT molecular complexity index is 135. The number of ketones is 1. The van der Waals surface area contributed by atoms with Crippen LogP contribution in [-0.4, -0.2) is 5.78 Å². The summed E-state index contributed by atoms with van der Waals surface area (Å²) in [7, 11) is 0. The normalized spacial score (nSPS) is 8.80. The lowest BCUT2D eigenvalue weighted by atomic mass is 10.1. The van der Waals surface area contributed by atoms with Crippen LogP contribution in [0.5, 0.6) is 0 Å². The number of carbonyl (C=O) groups excluding carboxylic acids is 1. The molecule has 0 bridgehead atoms. The third-order valence-corrected chi connectivity index (χ3v) is 1.38. The molecule has 0 amide bonds. The van der Waals surface area contributed by atoms with Crippen LogP contribution in [0.1, 0.15) is 39.0 Å². The molecule has 0 radical (unpaired) electrons. The average molecular weight is 139 g/mol. The molecule has 0 rings (SSSR count). The second kappa shape index (κ2) is 6.28. The number of nitrogens with zero attached hydrogens (tertiary/aromatic N) is 1. The van der Waals surface area contributed by atoms with Crippen molar-refractivity contribution in [3.63, 3.8) is 0 Å². The molecule has 2 nitrogen and oxygen atoms in total. The molecule has 0 aliphatic carbocycles. The predicted molar refractivity (Wildman–Crippen MR) is 39.4 cm³/mol. The van der Waals surface area contributed by atoms with Crippen molar-refractivity contribution in [3.05, 3.63) is 0 Å². The summed E-state index contributed by atoms with van der Waals surface area (Å²) in [6.07, 6.45) is 4.72. The third kappa shape index (κ3) is 5.30. The maximum atomic E-state index is 10.4. The molecule has 56 valence electrons. The summed E-state index contributed by atoms with van der Waals surface area (Å²) in [4.78, 5) is 10.4. The van der Waals surface area contributed by atoms with E-state index < -0.39 is 0 Å². The van der Waals surface area contributed by atoms with E-state index in [0.717, 1.165) is 12.8 Å². The van der Waals surface area contributed by atoms with Crippen LogP contribution in [0, 0.1) is 11.3 Å². The monoisotopic (exact) mass is 139 g/mol. The number of rotatable bonds is 5. The lowest BCUT2D eigenvalue weighted by molar-refractivity contribution is -0.114. The van der Waals surface area contributed by atoms with Gasteiger partial charge >= 0.3 is 0 Å². The van der Waals surface area contributed by atoms with Crippen LogP contribution in [0.25, 0.3) is 0 Å². The fourth-order valence-corrected chi connectivity index (χ4v) is 0.768. The first kappa shape index (κ1) is 9.16. The van der Waals surface area contributed by atoms with Crippen molar-refractivity contribution in [1.29, 1.82) is 5.26 Å². The van der Waals surface area contributed by atoms with Crippen molar-refractivity contribution in [3.8, 4) is 6.07 Å². The summed E-state index contributed by atoms with van der Waals surface area (Å²) in [5.41, 5.74) is 0. The van der Waals surface area contributed by atoms with E-state index in [1.54, 1.807) is 6.07 Å². The molecule has 0 saturated heterocycles. The van der Waals surface area contributed by atoms with Crippen LogP contribution in [0.4, 0.5) is 0 Å². The van der Waals surface area contributed by atoms with Crippen LogP contribution in [0.2, 0.25) is 0 Å². The van der Waals surface area contributed by atoms with Gasteiger partial charge in [0.05, 0.1) is 0 Å². The standard InChI is InChI=1S/C8H13NO/c1-2-3-4-5-6-8(10)7-9/h2-6H2,1H3. The van der Waals surface area contributed by atoms with Crippen molar-refractivity contribution >= 4 is 5.78 Å². The second-order valence-corrected chi connectivity index (χ2v) is 2.35. The highest BCUT2D eigenvalue weighted by Gasteiger charge is 1.96. The number of hydrogen-bond donors (Lipinski definition) is 0. The zero-order valence-corrected chi connectivity index (χ0v) is 6.39. The number of hydrogen-bond acceptors (Lipinski definition) is 2. The van der Waals surface area contributed by atoms with Crippen LogP contribution in [-0.2, 0) is 4.79 Å². The van der Waals surface area contributed by atoms with Gasteiger partial charge in [-0.1, -0.05) is 26.2 Å². The zero-order valence-electron chi connectivity index (χ0n) is 6.39. The lowest BCUT2D eigenvalue weighted by Crippen LogP contribution is -1.91. The van der Waals surface area contributed by atoms with Gasteiger partial charge in [0.1, 0.15) is 6.07 Å². The fraction of sp³-hybridized carbons (Fsp3) is 0.750. The maximum absolute atomic E-state index is 10.4. The van der Waals surface area contributed by atoms with Gasteiger partial charge in [0, 0.05) is 6.42 Å². The van der Waals surface area contributed by atoms with E-state index in [2.05, 4.69) is 6.92 Å². The molecule has 0 saturated carbocycles. The fourth-order valence-electron chi connectivity index (χ4n) is 0.768. The quantitative estimate of drug-likeness (QED) is 0.432. The summed E-state index contributed by atoms with van der Waals surface area (Å²) in [6, 6.07) is 1.60. The molecule has 0 aromatic carbocycles. The summed E-state index contributed by atoms with van der Waals surface area (Å²) in [5.74, 6) is -0.281. The second-order valence-electron chi connectivity index (χ2n) is 2.35. The van der Waals surface area contributed by atoms with Crippen LogP contribution in [0.15, 0.2) is 0 Å². The molecular formula is C8H13NO. The Morgan fingerprint density at radius 1 is 1.40 bits per heavy atom. The summed E-state index contributed by atoms with van der Waals surface area (Å²) < 4.78 is 0. The molecule has 0 aromatic heterocycles. The molecule has 0 atom stereocenters. The molecule has 2 heteroatoms. The Labute approximate surface area is 61.8 Å². The van der Waals surface area contributed by atoms with E-state index >= 15 is 0 Å². The minimum Gasteiger partial charge on any atom is -0.283 e. The highest BCUT2D eigenvalue weighted by molar-refractivity contribution is 5.93. The average Bonchev–Trinajstić information content (AvgIpc) is 1.98. The molecule has 0 fully saturated rings. The minimum atomic E-state index is -0.281. The SMILES string of the molecule is CCCCCCC(=O)C#N. The molecular weight excluding hydrogens is 126 g/mol. The van der Waals surface area contributed by atoms with Crippen LogP contribution < -0.4 is 0 Å². The molecule has 0 aromatic rings. The highest BCUT2D eigenvalue weighted by atomic mass is 16.1. The summed E-state index contributed by atoms with van der Waals surface area (Å²) in [5, 5.41) is 8.09. The van der Waals surface area contributed by atoms with E-state index in [-0.39, 0.29) is 5.78 Å². The van der Waals surface area contributed by atoms with Crippen LogP contribution >= 0.6 is 0 Å². The van der Waals surface area contributed by atoms with E-state index in [0.29, 0.717) is 6.42 Å². The Kier molecular flexibility index (Phi) is 5.75. The molecule has 10 heavy (non-hydrogen) atoms. The lowest BCUT2D eigenvalue weighted by Gasteiger charge is -1.92. The first-order valence-corrected chi connectivity index (χ1v) is 3.74. The van der Waals surface area contributed by atoms with E-state index in [1.165, 1.54) is 12.8 Å². The van der Waals surface area contributed by atoms with E-state index in [9.17, 15) is 4.79 Å². The van der Waals surface area contributed by atoms with Crippen molar-refractivity contribution in [1.82, 2.24) is 0 Å². The molecule has 0 unspecified atom stereocenters. The van der Waals surface area contributed by atoms with Crippen LogP contribution in [0.3, 0.4) is 0 Å². The van der Waals surface area contributed by atoms with Gasteiger partial charge in [-0.3, -0.25) is 4.79 Å². The largest absolute Gasteiger partial charge is 0.283 e. The minimum absolute atomic E-state index is 0.281. The zero-order chi connectivity index (χ0) is 7.82. The molecule has 0 aliphatic rings. The predicted octanol–water partition coefficient (Wildman–Crippen LogP) is 2.05. The smallest absolute Gasteiger partial charge is 0.231 e. The highest BCUT2D eigenvalue weighted by Crippen LogP contribution is 2.01. The maximum Gasteiger partial charge on any atom is 0.231 e. The van der Waals surface area contributed by atoms with Gasteiger partial charge in [-0.15, -0.1) is 0 Å². The Morgan fingerprint density at radius 2 is 2.10 bits per heavy atom. The summed E-state index contributed by atoms with van der Waals surface area (Å²) >= 11 is 0. The first-order chi connectivity index (χ1) is 4.81. The third-order valence-electron chi connectivity index (χ3n) is 1.38. The number of Topliss-reactive ketones (excluding diaryl/α,β-unsaturated/α-hetero) is 1. The topological polar surface area (TPSA) is 40.9 Å². The van der Waals surface area contributed by atoms with E-state index in [1.807, 2.05) is 0 Å². The number of nitriles is 1. The Hall–Kier alpha value is -0.840. The van der Waals surface area contributed by atoms with Gasteiger partial charge in [-0.2, -0.15) is 5.26 Å². The molecule has 0 aliphatic heterocycles.